The van der Waals surface area contributed by atoms with E-state index < -0.39 is 11.6 Å². The van der Waals surface area contributed by atoms with Crippen LogP contribution in [0.2, 0.25) is 0 Å². The molecule has 0 amide bonds. The van der Waals surface area contributed by atoms with E-state index in [2.05, 4.69) is 21.2 Å². The summed E-state index contributed by atoms with van der Waals surface area (Å²) in [5.74, 6) is -0.693. The molecule has 1 unspecified atom stereocenters. The molecule has 1 atom stereocenters. The molecule has 2 rings (SSSR count). The van der Waals surface area contributed by atoms with Crippen LogP contribution in [0.25, 0.3) is 0 Å². The Kier molecular flexibility index (Phi) is 4.15. The van der Waals surface area contributed by atoms with Gasteiger partial charge in [0.25, 0.3) is 0 Å². The lowest BCUT2D eigenvalue weighted by molar-refractivity contribution is 0.474. The van der Waals surface area contributed by atoms with E-state index in [0.717, 1.165) is 6.54 Å². The summed E-state index contributed by atoms with van der Waals surface area (Å²) in [6.07, 6.45) is 2.88. The van der Waals surface area contributed by atoms with Gasteiger partial charge in [-0.05, 0) is 59.8 Å². The lowest BCUT2D eigenvalue weighted by Gasteiger charge is -2.14. The smallest absolute Gasteiger partial charge is 0.143 e. The molecule has 1 fully saturated rings. The van der Waals surface area contributed by atoms with Gasteiger partial charge in [-0.15, -0.1) is 0 Å². The van der Waals surface area contributed by atoms with Crippen LogP contribution in [-0.4, -0.2) is 12.6 Å². The fraction of sp³-hybridized carbons (Fsp3) is 0.538. The van der Waals surface area contributed by atoms with E-state index in [-0.39, 0.29) is 11.5 Å². The zero-order chi connectivity index (χ0) is 12.4. The molecule has 0 heterocycles. The number of benzene rings is 1. The summed E-state index contributed by atoms with van der Waals surface area (Å²) in [4.78, 5) is 0. The van der Waals surface area contributed by atoms with Gasteiger partial charge < -0.3 is 5.32 Å². The first-order valence-electron chi connectivity index (χ1n) is 5.93. The second-order valence-electron chi connectivity index (χ2n) is 4.81. The van der Waals surface area contributed by atoms with Crippen molar-refractivity contribution in [2.75, 3.05) is 6.54 Å². The Morgan fingerprint density at radius 2 is 2.12 bits per heavy atom. The number of hydrogen-bond donors (Lipinski definition) is 1. The Balaban J connectivity index is 1.98. The van der Waals surface area contributed by atoms with E-state index in [1.54, 1.807) is 0 Å². The summed E-state index contributed by atoms with van der Waals surface area (Å²) in [5.41, 5.74) is 0.185. The maximum absolute atomic E-state index is 13.7. The molecule has 1 aromatic carbocycles. The summed E-state index contributed by atoms with van der Waals surface area (Å²) < 4.78 is 27.6. The topological polar surface area (TPSA) is 12.0 Å². The van der Waals surface area contributed by atoms with E-state index in [1.807, 2.05) is 6.92 Å². The van der Waals surface area contributed by atoms with Crippen LogP contribution in [0.4, 0.5) is 8.78 Å². The van der Waals surface area contributed by atoms with Crippen LogP contribution in [0.15, 0.2) is 16.6 Å². The number of rotatable bonds is 5. The molecule has 4 heteroatoms. The molecular weight excluding hydrogens is 288 g/mol. The van der Waals surface area contributed by atoms with Gasteiger partial charge in [-0.2, -0.15) is 0 Å². The minimum absolute atomic E-state index is 0.185. The summed E-state index contributed by atoms with van der Waals surface area (Å²) in [7, 11) is 0. The Bertz CT molecular complexity index is 405. The molecule has 94 valence electrons. The average molecular weight is 304 g/mol. The van der Waals surface area contributed by atoms with E-state index in [1.165, 1.54) is 25.0 Å². The third-order valence-electron chi connectivity index (χ3n) is 3.02. The molecule has 0 bridgehead atoms. The lowest BCUT2D eigenvalue weighted by atomic mass is 10.00. The van der Waals surface area contributed by atoms with Gasteiger partial charge in [-0.25, -0.2) is 8.78 Å². The third-order valence-corrected chi connectivity index (χ3v) is 3.64. The fourth-order valence-electron chi connectivity index (χ4n) is 1.83. The zero-order valence-electron chi connectivity index (χ0n) is 9.77. The third kappa shape index (κ3) is 3.49. The van der Waals surface area contributed by atoms with E-state index >= 15 is 0 Å². The second kappa shape index (κ2) is 5.44. The molecule has 0 aromatic heterocycles. The molecule has 1 aliphatic carbocycles. The standard InChI is InChI=1S/C13H16BrF2N/c1-8(7-17-9-2-3-9)6-10-12(15)5-4-11(14)13(10)16/h4-5,8-9,17H,2-3,6-7H2,1H3. The van der Waals surface area contributed by atoms with Crippen molar-refractivity contribution in [2.45, 2.75) is 32.2 Å². The summed E-state index contributed by atoms with van der Waals surface area (Å²) in [5, 5.41) is 3.37. The molecule has 17 heavy (non-hydrogen) atoms. The molecule has 1 saturated carbocycles. The highest BCUT2D eigenvalue weighted by Crippen LogP contribution is 2.24. The monoisotopic (exact) mass is 303 g/mol. The molecule has 0 saturated heterocycles. The van der Waals surface area contributed by atoms with Crippen LogP contribution in [0.1, 0.15) is 25.3 Å². The summed E-state index contributed by atoms with van der Waals surface area (Å²) >= 11 is 3.09. The molecule has 1 aliphatic rings. The minimum atomic E-state index is -0.469. The molecule has 0 aliphatic heterocycles. The predicted octanol–water partition coefficient (Wildman–Crippen LogP) is 3.66. The molecule has 0 radical (unpaired) electrons. The summed E-state index contributed by atoms with van der Waals surface area (Å²) in [6.45, 7) is 2.82. The van der Waals surface area contributed by atoms with Crippen molar-refractivity contribution in [3.63, 3.8) is 0 Å². The van der Waals surface area contributed by atoms with Gasteiger partial charge in [0.05, 0.1) is 4.47 Å². The Hall–Kier alpha value is -0.480. The molecule has 0 spiro atoms. The molecule has 1 N–H and O–H groups in total. The van der Waals surface area contributed by atoms with E-state index in [0.29, 0.717) is 16.9 Å². The van der Waals surface area contributed by atoms with Gasteiger partial charge in [0, 0.05) is 11.6 Å². The second-order valence-corrected chi connectivity index (χ2v) is 5.67. The quantitative estimate of drug-likeness (QED) is 0.819. The van der Waals surface area contributed by atoms with Crippen LogP contribution in [-0.2, 0) is 6.42 Å². The Morgan fingerprint density at radius 1 is 1.41 bits per heavy atom. The number of halogens is 3. The Labute approximate surface area is 109 Å². The van der Waals surface area contributed by atoms with Crippen LogP contribution < -0.4 is 5.32 Å². The van der Waals surface area contributed by atoms with Crippen molar-refractivity contribution in [3.8, 4) is 0 Å². The fourth-order valence-corrected chi connectivity index (χ4v) is 2.20. The van der Waals surface area contributed by atoms with Crippen molar-refractivity contribution in [2.24, 2.45) is 5.92 Å². The lowest BCUT2D eigenvalue weighted by Crippen LogP contribution is -2.24. The highest BCUT2D eigenvalue weighted by atomic mass is 79.9. The van der Waals surface area contributed by atoms with Gasteiger partial charge in [0.2, 0.25) is 0 Å². The molecule has 1 aromatic rings. The minimum Gasteiger partial charge on any atom is -0.314 e. The maximum Gasteiger partial charge on any atom is 0.143 e. The van der Waals surface area contributed by atoms with Crippen molar-refractivity contribution in [3.05, 3.63) is 33.8 Å². The average Bonchev–Trinajstić information content (AvgIpc) is 3.11. The van der Waals surface area contributed by atoms with Crippen LogP contribution in [0.3, 0.4) is 0 Å². The van der Waals surface area contributed by atoms with Crippen molar-refractivity contribution in [1.29, 1.82) is 0 Å². The van der Waals surface area contributed by atoms with Crippen molar-refractivity contribution in [1.82, 2.24) is 5.32 Å². The highest BCUT2D eigenvalue weighted by molar-refractivity contribution is 9.10. The van der Waals surface area contributed by atoms with Gasteiger partial charge in [0.1, 0.15) is 11.6 Å². The van der Waals surface area contributed by atoms with E-state index in [4.69, 9.17) is 0 Å². The molecule has 1 nitrogen and oxygen atoms in total. The Morgan fingerprint density at radius 3 is 2.76 bits per heavy atom. The number of hydrogen-bond acceptors (Lipinski definition) is 1. The normalized spacial score (nSPS) is 17.2. The zero-order valence-corrected chi connectivity index (χ0v) is 11.4. The summed E-state index contributed by atoms with van der Waals surface area (Å²) in [6, 6.07) is 3.35. The maximum atomic E-state index is 13.7. The van der Waals surface area contributed by atoms with Gasteiger partial charge in [-0.1, -0.05) is 6.92 Å². The van der Waals surface area contributed by atoms with Crippen molar-refractivity contribution >= 4 is 15.9 Å². The molecular formula is C13H16BrF2N. The van der Waals surface area contributed by atoms with Crippen LogP contribution in [0, 0.1) is 17.6 Å². The highest BCUT2D eigenvalue weighted by Gasteiger charge is 2.22. The van der Waals surface area contributed by atoms with E-state index in [9.17, 15) is 8.78 Å². The largest absolute Gasteiger partial charge is 0.314 e. The van der Waals surface area contributed by atoms with Gasteiger partial charge in [0.15, 0.2) is 0 Å². The van der Waals surface area contributed by atoms with Crippen LogP contribution in [0.5, 0.6) is 0 Å². The van der Waals surface area contributed by atoms with Gasteiger partial charge >= 0.3 is 0 Å². The first kappa shape index (κ1) is 13.0. The van der Waals surface area contributed by atoms with Crippen molar-refractivity contribution < 1.29 is 8.78 Å². The first-order valence-corrected chi connectivity index (χ1v) is 6.73. The first-order chi connectivity index (χ1) is 8.08. The van der Waals surface area contributed by atoms with Crippen LogP contribution >= 0.6 is 15.9 Å². The van der Waals surface area contributed by atoms with Gasteiger partial charge in [-0.3, -0.25) is 0 Å². The SMILES string of the molecule is CC(CNC1CC1)Cc1c(F)ccc(Br)c1F. The number of nitrogens with one attached hydrogen (secondary N) is 1. The predicted molar refractivity (Wildman–Crippen MR) is 68.0 cm³/mol.